The molecule has 2 aliphatic rings. The summed E-state index contributed by atoms with van der Waals surface area (Å²) in [5.41, 5.74) is 11.6. The Hall–Kier alpha value is -6.92. The summed E-state index contributed by atoms with van der Waals surface area (Å²) >= 11 is 0. The number of hydrogen-bond donors (Lipinski definition) is 0. The summed E-state index contributed by atoms with van der Waals surface area (Å²) in [6, 6.07) is 54.7. The Bertz CT molecular complexity index is 2670. The minimum absolute atomic E-state index is 0.186. The minimum Gasteiger partial charge on any atom is -0.283 e. The smallest absolute Gasteiger partial charge is 0.220 e. The Morgan fingerprint density at radius 1 is 0.500 bits per heavy atom. The lowest BCUT2D eigenvalue weighted by atomic mass is 9.93. The molecule has 2 aromatic heterocycles. The summed E-state index contributed by atoms with van der Waals surface area (Å²) in [6.07, 6.45) is 7.27. The molecule has 6 heteroatoms. The summed E-state index contributed by atoms with van der Waals surface area (Å²) in [5.74, 6) is 2.65. The normalized spacial score (nSPS) is 14.7. The van der Waals surface area contributed by atoms with Gasteiger partial charge in [-0.2, -0.15) is 0 Å². The van der Waals surface area contributed by atoms with Crippen molar-refractivity contribution < 1.29 is 0 Å². The van der Waals surface area contributed by atoms with E-state index in [-0.39, 0.29) is 5.92 Å². The fourth-order valence-corrected chi connectivity index (χ4v) is 7.50. The zero-order valence-corrected chi connectivity index (χ0v) is 28.2. The predicted molar refractivity (Wildman–Crippen MR) is 209 cm³/mol. The van der Waals surface area contributed by atoms with E-state index in [1.165, 1.54) is 0 Å². The molecule has 0 N–H and O–H groups in total. The van der Waals surface area contributed by atoms with Crippen LogP contribution >= 0.6 is 0 Å². The first-order chi connectivity index (χ1) is 25.8. The van der Waals surface area contributed by atoms with Gasteiger partial charge in [-0.05, 0) is 54.0 Å². The Morgan fingerprint density at radius 3 is 1.92 bits per heavy atom. The highest BCUT2D eigenvalue weighted by molar-refractivity contribution is 5.94. The van der Waals surface area contributed by atoms with Gasteiger partial charge in [0.2, 0.25) is 5.95 Å². The second kappa shape index (κ2) is 12.4. The van der Waals surface area contributed by atoms with Crippen molar-refractivity contribution in [2.75, 3.05) is 4.90 Å². The van der Waals surface area contributed by atoms with Crippen LogP contribution in [-0.2, 0) is 0 Å². The van der Waals surface area contributed by atoms with Gasteiger partial charge in [-0.1, -0.05) is 140 Å². The van der Waals surface area contributed by atoms with Gasteiger partial charge in [0.1, 0.15) is 5.82 Å². The van der Waals surface area contributed by atoms with Crippen LogP contribution in [0.3, 0.4) is 0 Å². The van der Waals surface area contributed by atoms with Crippen molar-refractivity contribution in [1.29, 1.82) is 0 Å². The van der Waals surface area contributed by atoms with Crippen molar-refractivity contribution in [2.24, 2.45) is 0 Å². The zero-order valence-electron chi connectivity index (χ0n) is 28.2. The van der Waals surface area contributed by atoms with Gasteiger partial charge in [0, 0.05) is 28.0 Å². The molecule has 3 heterocycles. The summed E-state index contributed by atoms with van der Waals surface area (Å²) in [5, 5.41) is 0. The van der Waals surface area contributed by atoms with E-state index in [0.717, 1.165) is 73.9 Å². The highest BCUT2D eigenvalue weighted by Gasteiger charge is 2.35. The van der Waals surface area contributed by atoms with Crippen molar-refractivity contribution in [2.45, 2.75) is 12.3 Å². The predicted octanol–water partition coefficient (Wildman–Crippen LogP) is 11.0. The molecule has 246 valence electrons. The summed E-state index contributed by atoms with van der Waals surface area (Å²) in [7, 11) is 0. The molecule has 1 aliphatic heterocycles. The van der Waals surface area contributed by atoms with Crippen molar-refractivity contribution in [3.63, 3.8) is 0 Å². The maximum Gasteiger partial charge on any atom is 0.220 e. The molecule has 1 atom stereocenters. The number of para-hydroxylation sites is 4. The molecule has 0 fully saturated rings. The molecule has 6 nitrogen and oxygen atoms in total. The average molecular weight is 669 g/mol. The van der Waals surface area contributed by atoms with Crippen molar-refractivity contribution in [1.82, 2.24) is 24.5 Å². The van der Waals surface area contributed by atoms with Crippen LogP contribution in [0.5, 0.6) is 0 Å². The van der Waals surface area contributed by atoms with E-state index in [1.807, 2.05) is 24.3 Å². The van der Waals surface area contributed by atoms with Crippen LogP contribution in [0.15, 0.2) is 182 Å². The number of fused-ring (bicyclic) bond motifs is 7. The van der Waals surface area contributed by atoms with E-state index in [4.69, 9.17) is 19.9 Å². The van der Waals surface area contributed by atoms with Crippen molar-refractivity contribution >= 4 is 22.7 Å². The van der Waals surface area contributed by atoms with Gasteiger partial charge in [-0.3, -0.25) is 9.47 Å². The van der Waals surface area contributed by atoms with Gasteiger partial charge >= 0.3 is 0 Å². The van der Waals surface area contributed by atoms with E-state index in [0.29, 0.717) is 17.5 Å². The molecule has 1 aliphatic carbocycles. The third-order valence-electron chi connectivity index (χ3n) is 9.94. The molecule has 0 spiro atoms. The van der Waals surface area contributed by atoms with Crippen LogP contribution in [0.4, 0.5) is 11.6 Å². The van der Waals surface area contributed by atoms with Crippen LogP contribution < -0.4 is 4.90 Å². The molecular formula is C46H32N6. The van der Waals surface area contributed by atoms with E-state index in [9.17, 15) is 0 Å². The Morgan fingerprint density at radius 2 is 1.12 bits per heavy atom. The highest BCUT2D eigenvalue weighted by Crippen LogP contribution is 2.48. The number of aromatic nitrogens is 5. The molecule has 0 saturated carbocycles. The first-order valence-corrected chi connectivity index (χ1v) is 17.6. The number of nitrogens with zero attached hydrogens (tertiary/aromatic N) is 6. The van der Waals surface area contributed by atoms with Gasteiger partial charge < -0.3 is 0 Å². The Labute approximate surface area is 301 Å². The van der Waals surface area contributed by atoms with Gasteiger partial charge in [-0.25, -0.2) is 19.9 Å². The zero-order chi connectivity index (χ0) is 34.4. The van der Waals surface area contributed by atoms with E-state index in [1.54, 1.807) is 0 Å². The number of hydrogen-bond acceptors (Lipinski definition) is 5. The number of rotatable bonds is 5. The number of imidazole rings is 1. The number of anilines is 2. The Balaban J connectivity index is 1.18. The maximum absolute atomic E-state index is 5.34. The summed E-state index contributed by atoms with van der Waals surface area (Å²) in [6.45, 7) is 0. The molecular weight excluding hydrogens is 637 g/mol. The largest absolute Gasteiger partial charge is 0.283 e. The molecule has 1 unspecified atom stereocenters. The number of benzene rings is 6. The quantitative estimate of drug-likeness (QED) is 0.183. The average Bonchev–Trinajstić information content (AvgIpc) is 3.55. The van der Waals surface area contributed by atoms with Crippen molar-refractivity contribution in [3.8, 4) is 50.7 Å². The Kier molecular flexibility index (Phi) is 7.17. The molecule has 0 bridgehead atoms. The third kappa shape index (κ3) is 5.04. The standard InChI is InChI=1S/C46H32N6/c1-3-16-31(17-4-1)33-20-15-21-34(30-33)44-48-43(32-18-5-2-6-19-32)49-45(50-44)37-24-9-13-28-41(37)51-39-26-11-7-22-35(39)36-23-8-12-27-40(36)52-42-29-14-10-25-38(42)47-46(51)52/h1-23,25-30,37H,24H2. The van der Waals surface area contributed by atoms with Crippen LogP contribution in [0.2, 0.25) is 0 Å². The SMILES string of the molecule is C1=CCC(c2nc(-c3ccccc3)nc(-c3cccc(-c4ccccc4)c3)n2)C(N2c3ccccc3-c3ccccc3-n3c2nc2ccccc23)=C1. The summed E-state index contributed by atoms with van der Waals surface area (Å²) < 4.78 is 2.30. The maximum atomic E-state index is 5.34. The molecule has 0 saturated heterocycles. The van der Waals surface area contributed by atoms with E-state index < -0.39 is 0 Å². The molecule has 52 heavy (non-hydrogen) atoms. The first-order valence-electron chi connectivity index (χ1n) is 17.6. The van der Waals surface area contributed by atoms with Crippen LogP contribution in [0, 0.1) is 0 Å². The lowest BCUT2D eigenvalue weighted by Crippen LogP contribution is -2.26. The highest BCUT2D eigenvalue weighted by atomic mass is 15.3. The molecule has 8 aromatic rings. The second-order valence-electron chi connectivity index (χ2n) is 13.1. The van der Waals surface area contributed by atoms with Crippen LogP contribution in [-0.4, -0.2) is 24.5 Å². The fraction of sp³-hybridized carbons (Fsp3) is 0.0435. The lowest BCUT2D eigenvalue weighted by molar-refractivity contribution is 0.705. The van der Waals surface area contributed by atoms with E-state index >= 15 is 0 Å². The molecule has 10 rings (SSSR count). The van der Waals surface area contributed by atoms with Crippen molar-refractivity contribution in [3.05, 3.63) is 187 Å². The van der Waals surface area contributed by atoms with Gasteiger partial charge in [0.25, 0.3) is 0 Å². The van der Waals surface area contributed by atoms with Gasteiger partial charge in [-0.15, -0.1) is 0 Å². The topological polar surface area (TPSA) is 59.7 Å². The monoisotopic (exact) mass is 668 g/mol. The molecule has 6 aromatic carbocycles. The number of allylic oxidation sites excluding steroid dienone is 4. The van der Waals surface area contributed by atoms with Crippen LogP contribution in [0.25, 0.3) is 61.8 Å². The third-order valence-corrected chi connectivity index (χ3v) is 9.94. The minimum atomic E-state index is -0.186. The molecule has 0 radical (unpaired) electrons. The first kappa shape index (κ1) is 29.9. The fourth-order valence-electron chi connectivity index (χ4n) is 7.50. The van der Waals surface area contributed by atoms with Gasteiger partial charge in [0.15, 0.2) is 11.6 Å². The van der Waals surface area contributed by atoms with Crippen LogP contribution in [0.1, 0.15) is 18.2 Å². The lowest BCUT2D eigenvalue weighted by Gasteiger charge is -2.32. The van der Waals surface area contributed by atoms with Gasteiger partial charge in [0.05, 0.1) is 28.3 Å². The second-order valence-corrected chi connectivity index (χ2v) is 13.1. The summed E-state index contributed by atoms with van der Waals surface area (Å²) in [4.78, 5) is 23.3. The molecule has 0 amide bonds. The van der Waals surface area contributed by atoms with E-state index in [2.05, 4.69) is 161 Å².